The van der Waals surface area contributed by atoms with Crippen LogP contribution in [0.3, 0.4) is 0 Å². The number of halogens is 3. The van der Waals surface area contributed by atoms with Crippen LogP contribution in [0.5, 0.6) is 0 Å². The molecule has 2 aromatic carbocycles. The number of aliphatic carboxylic acids is 1. The molecule has 0 saturated heterocycles. The Morgan fingerprint density at radius 2 is 1.71 bits per heavy atom. The highest BCUT2D eigenvalue weighted by Crippen LogP contribution is 2.28. The monoisotopic (exact) mass is 433 g/mol. The summed E-state index contributed by atoms with van der Waals surface area (Å²) in [6.07, 6.45) is 4.36. The first-order valence-electron chi connectivity index (χ1n) is 10.3. The number of alkyl halides is 3. The zero-order valence-electron chi connectivity index (χ0n) is 17.0. The Hall–Kier alpha value is -2.87. The normalized spacial score (nSPS) is 15.9. The average Bonchev–Trinajstić information content (AvgIpc) is 3.22. The van der Waals surface area contributed by atoms with Crippen molar-refractivity contribution in [3.63, 3.8) is 0 Å². The topological polar surface area (TPSA) is 92.0 Å². The van der Waals surface area contributed by atoms with Crippen molar-refractivity contribution in [1.82, 2.24) is 9.97 Å². The van der Waals surface area contributed by atoms with Crippen LogP contribution in [-0.4, -0.2) is 33.3 Å². The minimum Gasteiger partial charge on any atom is -0.475 e. The Labute approximate surface area is 178 Å². The minimum atomic E-state index is -5.08. The van der Waals surface area contributed by atoms with Gasteiger partial charge >= 0.3 is 12.1 Å². The van der Waals surface area contributed by atoms with Gasteiger partial charge in [0.2, 0.25) is 0 Å². The third kappa shape index (κ3) is 6.30. The van der Waals surface area contributed by atoms with Gasteiger partial charge in [0.25, 0.3) is 0 Å². The first kappa shape index (κ1) is 22.8. The molecule has 1 unspecified atom stereocenters. The largest absolute Gasteiger partial charge is 0.490 e. The van der Waals surface area contributed by atoms with Crippen LogP contribution in [0, 0.1) is 5.92 Å². The van der Waals surface area contributed by atoms with E-state index in [1.807, 2.05) is 0 Å². The van der Waals surface area contributed by atoms with Gasteiger partial charge in [0, 0.05) is 6.04 Å². The molecule has 5 nitrogen and oxygen atoms in total. The molecule has 0 aliphatic heterocycles. The number of hydrogen-bond donors (Lipinski definition) is 3. The summed E-state index contributed by atoms with van der Waals surface area (Å²) in [5.41, 5.74) is 12.4. The Morgan fingerprint density at radius 3 is 2.32 bits per heavy atom. The molecule has 0 radical (unpaired) electrons. The summed E-state index contributed by atoms with van der Waals surface area (Å²) in [4.78, 5) is 16.3. The molecule has 1 aliphatic rings. The smallest absolute Gasteiger partial charge is 0.475 e. The van der Waals surface area contributed by atoms with Gasteiger partial charge in [-0.1, -0.05) is 49.6 Å². The van der Waals surface area contributed by atoms with Gasteiger partial charge in [0.15, 0.2) is 0 Å². The van der Waals surface area contributed by atoms with Crippen LogP contribution in [0.2, 0.25) is 0 Å². The predicted molar refractivity (Wildman–Crippen MR) is 113 cm³/mol. The number of H-pyrrole nitrogens is 1. The van der Waals surface area contributed by atoms with E-state index in [0.717, 1.165) is 17.5 Å². The van der Waals surface area contributed by atoms with Crippen molar-refractivity contribution < 1.29 is 23.1 Å². The van der Waals surface area contributed by atoms with Crippen LogP contribution in [-0.2, 0) is 11.2 Å². The van der Waals surface area contributed by atoms with Gasteiger partial charge in [0.05, 0.1) is 17.4 Å². The van der Waals surface area contributed by atoms with Crippen molar-refractivity contribution in [1.29, 1.82) is 0 Å². The van der Waals surface area contributed by atoms with Crippen molar-refractivity contribution in [2.45, 2.75) is 50.7 Å². The summed E-state index contributed by atoms with van der Waals surface area (Å²) in [5, 5.41) is 7.12. The van der Waals surface area contributed by atoms with E-state index in [0.29, 0.717) is 12.0 Å². The van der Waals surface area contributed by atoms with Gasteiger partial charge in [-0.15, -0.1) is 0 Å². The van der Waals surface area contributed by atoms with Crippen molar-refractivity contribution in [2.24, 2.45) is 11.7 Å². The molecule has 1 saturated carbocycles. The number of carbonyl (C=O) groups is 1. The number of nitrogens with two attached hydrogens (primary N) is 1. The van der Waals surface area contributed by atoms with Crippen LogP contribution in [0.4, 0.5) is 13.2 Å². The molecule has 0 amide bonds. The molecule has 8 heteroatoms. The Bertz CT molecular complexity index is 993. The fourth-order valence-corrected chi connectivity index (χ4v) is 3.95. The van der Waals surface area contributed by atoms with Crippen LogP contribution in [0.15, 0.2) is 48.8 Å². The number of rotatable bonds is 4. The number of hydrogen-bond acceptors (Lipinski definition) is 3. The molecule has 4 N–H and O–H groups in total. The third-order valence-corrected chi connectivity index (χ3v) is 5.68. The first-order chi connectivity index (χ1) is 14.7. The summed E-state index contributed by atoms with van der Waals surface area (Å²) in [6, 6.07) is 15.5. The molecule has 3 aromatic rings. The maximum Gasteiger partial charge on any atom is 0.490 e. The van der Waals surface area contributed by atoms with Crippen LogP contribution in [0.1, 0.15) is 37.7 Å². The predicted octanol–water partition coefficient (Wildman–Crippen LogP) is 5.31. The van der Waals surface area contributed by atoms with E-state index in [2.05, 4.69) is 52.4 Å². The molecule has 0 bridgehead atoms. The lowest BCUT2D eigenvalue weighted by Gasteiger charge is -2.27. The third-order valence-electron chi connectivity index (χ3n) is 5.68. The summed E-state index contributed by atoms with van der Waals surface area (Å²) < 4.78 is 31.7. The Balaban J connectivity index is 0.000000339. The fourth-order valence-electron chi connectivity index (χ4n) is 3.95. The van der Waals surface area contributed by atoms with Gasteiger partial charge in [-0.2, -0.15) is 13.2 Å². The van der Waals surface area contributed by atoms with Gasteiger partial charge in [0.1, 0.15) is 0 Å². The zero-order chi connectivity index (χ0) is 22.4. The number of aromatic nitrogens is 2. The standard InChI is InChI=1S/C21H25N3.C2HF3O2/c22-19(17-4-2-1-3-5-17)12-15-6-8-16(9-7-15)18-10-11-20-21(13-18)24-14-23-20;3-2(4,5)1(6)7/h6-11,13-14,17,19H,1-5,12,22H2,(H,23,24);(H,6,7). The number of nitrogens with one attached hydrogen (secondary N) is 1. The number of fused-ring (bicyclic) bond motifs is 1. The van der Waals surface area contributed by atoms with Gasteiger partial charge in [-0.3, -0.25) is 0 Å². The van der Waals surface area contributed by atoms with Crippen LogP contribution in [0.25, 0.3) is 22.2 Å². The van der Waals surface area contributed by atoms with E-state index in [4.69, 9.17) is 15.6 Å². The Kier molecular flexibility index (Phi) is 7.33. The van der Waals surface area contributed by atoms with Crippen LogP contribution < -0.4 is 5.73 Å². The molecule has 31 heavy (non-hydrogen) atoms. The van der Waals surface area contributed by atoms with Crippen molar-refractivity contribution in [3.8, 4) is 11.1 Å². The van der Waals surface area contributed by atoms with Gasteiger partial charge in [-0.05, 0) is 54.0 Å². The molecule has 4 rings (SSSR count). The zero-order valence-corrected chi connectivity index (χ0v) is 17.0. The lowest BCUT2D eigenvalue weighted by Crippen LogP contribution is -2.33. The number of benzene rings is 2. The number of aromatic amines is 1. The highest BCUT2D eigenvalue weighted by Gasteiger charge is 2.38. The number of imidazole rings is 1. The lowest BCUT2D eigenvalue weighted by molar-refractivity contribution is -0.192. The number of nitrogens with zero attached hydrogens (tertiary/aromatic N) is 1. The molecule has 1 aliphatic carbocycles. The lowest BCUT2D eigenvalue weighted by atomic mass is 9.82. The molecular formula is C23H26F3N3O2. The van der Waals surface area contributed by atoms with E-state index in [1.165, 1.54) is 48.8 Å². The second kappa shape index (κ2) is 9.96. The molecule has 1 fully saturated rings. The summed E-state index contributed by atoms with van der Waals surface area (Å²) in [5.74, 6) is -2.05. The van der Waals surface area contributed by atoms with E-state index < -0.39 is 12.1 Å². The molecular weight excluding hydrogens is 407 g/mol. The number of carboxylic acids is 1. The number of carboxylic acid groups (broad SMARTS) is 1. The van der Waals surface area contributed by atoms with Gasteiger partial charge in [-0.25, -0.2) is 9.78 Å². The van der Waals surface area contributed by atoms with E-state index in [-0.39, 0.29) is 0 Å². The second-order valence-electron chi connectivity index (χ2n) is 7.90. The summed E-state index contributed by atoms with van der Waals surface area (Å²) in [6.45, 7) is 0. The molecule has 1 atom stereocenters. The first-order valence-corrected chi connectivity index (χ1v) is 10.3. The molecule has 1 heterocycles. The fraction of sp³-hybridized carbons (Fsp3) is 0.391. The highest BCUT2D eigenvalue weighted by molar-refractivity contribution is 5.81. The van der Waals surface area contributed by atoms with E-state index in [9.17, 15) is 13.2 Å². The maximum absolute atomic E-state index is 10.6. The maximum atomic E-state index is 10.6. The van der Waals surface area contributed by atoms with Gasteiger partial charge < -0.3 is 15.8 Å². The molecule has 0 spiro atoms. The van der Waals surface area contributed by atoms with Crippen LogP contribution >= 0.6 is 0 Å². The highest BCUT2D eigenvalue weighted by atomic mass is 19.4. The van der Waals surface area contributed by atoms with Crippen molar-refractivity contribution >= 4 is 17.0 Å². The quantitative estimate of drug-likeness (QED) is 0.520. The molecule has 1 aromatic heterocycles. The average molecular weight is 433 g/mol. The SMILES string of the molecule is NC(Cc1ccc(-c2ccc3nc[nH]c3c2)cc1)C1CCCCC1.O=C(O)C(F)(F)F. The van der Waals surface area contributed by atoms with E-state index >= 15 is 0 Å². The van der Waals surface area contributed by atoms with Crippen molar-refractivity contribution in [2.75, 3.05) is 0 Å². The second-order valence-corrected chi connectivity index (χ2v) is 7.90. The minimum absolute atomic E-state index is 0.303. The summed E-state index contributed by atoms with van der Waals surface area (Å²) in [7, 11) is 0. The summed E-state index contributed by atoms with van der Waals surface area (Å²) >= 11 is 0. The van der Waals surface area contributed by atoms with Crippen molar-refractivity contribution in [3.05, 3.63) is 54.4 Å². The Morgan fingerprint density at radius 1 is 1.10 bits per heavy atom. The molecule has 166 valence electrons. The van der Waals surface area contributed by atoms with E-state index in [1.54, 1.807) is 6.33 Å².